The summed E-state index contributed by atoms with van der Waals surface area (Å²) in [5, 5.41) is 6.26. The molecule has 0 unspecified atom stereocenters. The van der Waals surface area contributed by atoms with Crippen LogP contribution < -0.4 is 10.6 Å². The topological polar surface area (TPSA) is 70.6 Å². The first-order valence-corrected chi connectivity index (χ1v) is 7.87. The predicted octanol–water partition coefficient (Wildman–Crippen LogP) is 1.38. The first kappa shape index (κ1) is 13.7. The molecule has 5 nitrogen and oxygen atoms in total. The second kappa shape index (κ2) is 5.64. The van der Waals surface area contributed by atoms with Gasteiger partial charge in [0.1, 0.15) is 11.3 Å². The zero-order valence-corrected chi connectivity index (χ0v) is 11.9. The molecule has 110 valence electrons. The van der Waals surface area contributed by atoms with E-state index in [0.717, 1.165) is 51.6 Å². The molecule has 1 aliphatic carbocycles. The van der Waals surface area contributed by atoms with Gasteiger partial charge in [-0.25, -0.2) is 0 Å². The van der Waals surface area contributed by atoms with E-state index in [4.69, 9.17) is 0 Å². The third-order valence-electron chi connectivity index (χ3n) is 4.99. The van der Waals surface area contributed by atoms with Gasteiger partial charge in [-0.15, -0.1) is 0 Å². The highest BCUT2D eigenvalue weighted by Gasteiger charge is 2.49. The van der Waals surface area contributed by atoms with Crippen LogP contribution in [-0.4, -0.2) is 30.7 Å². The number of amides is 2. The lowest BCUT2D eigenvalue weighted by molar-refractivity contribution is -0.142. The van der Waals surface area contributed by atoms with Gasteiger partial charge in [0.2, 0.25) is 5.91 Å². The molecule has 2 fully saturated rings. The molecule has 1 saturated carbocycles. The highest BCUT2D eigenvalue weighted by atomic mass is 16.2. The number of rotatable bonds is 1. The van der Waals surface area contributed by atoms with E-state index in [1.807, 2.05) is 0 Å². The third-order valence-corrected chi connectivity index (χ3v) is 4.99. The van der Waals surface area contributed by atoms with Gasteiger partial charge in [-0.05, 0) is 38.8 Å². The standard InChI is InChI=1S/C15H23N3O2/c19-13-15(7-3-1-2-4-8-15)14(20)18-12(17-13)11-5-9-16-10-6-11/h11,16H,1-10H2,(H,17,18,19,20). The molecule has 2 aliphatic heterocycles. The van der Waals surface area contributed by atoms with Crippen molar-refractivity contribution in [2.75, 3.05) is 13.1 Å². The van der Waals surface area contributed by atoms with Crippen LogP contribution >= 0.6 is 0 Å². The minimum absolute atomic E-state index is 0.0899. The first-order chi connectivity index (χ1) is 9.72. The van der Waals surface area contributed by atoms with Crippen LogP contribution in [0.2, 0.25) is 0 Å². The Balaban J connectivity index is 1.81. The summed E-state index contributed by atoms with van der Waals surface area (Å²) in [6.07, 6.45) is 7.37. The van der Waals surface area contributed by atoms with E-state index in [9.17, 15) is 9.59 Å². The molecule has 0 aromatic heterocycles. The smallest absolute Gasteiger partial charge is 0.263 e. The minimum Gasteiger partial charge on any atom is -0.317 e. The molecule has 2 N–H and O–H groups in total. The molecule has 0 aromatic carbocycles. The number of carbonyl (C=O) groups is 2. The van der Waals surface area contributed by atoms with Gasteiger partial charge < -0.3 is 10.6 Å². The van der Waals surface area contributed by atoms with Crippen molar-refractivity contribution in [3.05, 3.63) is 0 Å². The molecule has 2 heterocycles. The zero-order chi connectivity index (χ0) is 14.0. The molecule has 20 heavy (non-hydrogen) atoms. The van der Waals surface area contributed by atoms with E-state index in [0.29, 0.717) is 18.7 Å². The van der Waals surface area contributed by atoms with Gasteiger partial charge in [0.15, 0.2) is 0 Å². The number of hydrogen-bond donors (Lipinski definition) is 2. The monoisotopic (exact) mass is 277 g/mol. The fourth-order valence-corrected chi connectivity index (χ4v) is 3.64. The summed E-state index contributed by atoms with van der Waals surface area (Å²) < 4.78 is 0. The average Bonchev–Trinajstić information content (AvgIpc) is 2.73. The van der Waals surface area contributed by atoms with Gasteiger partial charge in [-0.1, -0.05) is 25.7 Å². The lowest BCUT2D eigenvalue weighted by Crippen LogP contribution is -2.54. The Bertz CT molecular complexity index is 430. The van der Waals surface area contributed by atoms with Crippen molar-refractivity contribution in [3.8, 4) is 0 Å². The molecule has 5 heteroatoms. The maximum Gasteiger partial charge on any atom is 0.263 e. The molecule has 0 radical (unpaired) electrons. The second-order valence-corrected chi connectivity index (χ2v) is 6.28. The normalized spacial score (nSPS) is 27.9. The minimum atomic E-state index is -0.854. The van der Waals surface area contributed by atoms with E-state index in [2.05, 4.69) is 15.6 Å². The Morgan fingerprint density at radius 1 is 1.00 bits per heavy atom. The van der Waals surface area contributed by atoms with E-state index >= 15 is 0 Å². The van der Waals surface area contributed by atoms with Crippen LogP contribution in [0.5, 0.6) is 0 Å². The molecule has 0 atom stereocenters. The maximum absolute atomic E-state index is 12.6. The third kappa shape index (κ3) is 2.39. The van der Waals surface area contributed by atoms with E-state index in [-0.39, 0.29) is 17.7 Å². The van der Waals surface area contributed by atoms with E-state index < -0.39 is 5.41 Å². The zero-order valence-electron chi connectivity index (χ0n) is 11.9. The maximum atomic E-state index is 12.6. The van der Waals surface area contributed by atoms with Crippen molar-refractivity contribution in [2.45, 2.75) is 51.4 Å². The molecule has 3 rings (SSSR count). The Labute approximate surface area is 119 Å². The molecule has 1 spiro atoms. The number of nitrogens with zero attached hydrogens (tertiary/aromatic N) is 1. The first-order valence-electron chi connectivity index (χ1n) is 7.87. The summed E-state index contributed by atoms with van der Waals surface area (Å²) in [6, 6.07) is 0. The number of hydrogen-bond acceptors (Lipinski definition) is 3. The number of nitrogens with one attached hydrogen (secondary N) is 2. The van der Waals surface area contributed by atoms with Gasteiger partial charge in [0.05, 0.1) is 0 Å². The molecule has 1 saturated heterocycles. The van der Waals surface area contributed by atoms with Crippen LogP contribution in [0.3, 0.4) is 0 Å². The van der Waals surface area contributed by atoms with Crippen molar-refractivity contribution in [1.82, 2.24) is 10.6 Å². The SMILES string of the molecule is O=C1N=C(C2CCNCC2)NC(=O)C12CCCCCC2. The summed E-state index contributed by atoms with van der Waals surface area (Å²) in [5.41, 5.74) is -0.854. The summed E-state index contributed by atoms with van der Waals surface area (Å²) in [7, 11) is 0. The molecule has 0 bridgehead atoms. The molecule has 3 aliphatic rings. The number of amidine groups is 1. The Kier molecular flexibility index (Phi) is 3.87. The lowest BCUT2D eigenvalue weighted by atomic mass is 9.77. The van der Waals surface area contributed by atoms with E-state index in [1.54, 1.807) is 0 Å². The summed E-state index contributed by atoms with van der Waals surface area (Å²) >= 11 is 0. The van der Waals surface area contributed by atoms with Crippen LogP contribution in [0.4, 0.5) is 0 Å². The number of aliphatic imine (C=N–C) groups is 1. The fourth-order valence-electron chi connectivity index (χ4n) is 3.64. The number of carbonyl (C=O) groups excluding carboxylic acids is 2. The van der Waals surface area contributed by atoms with Crippen molar-refractivity contribution >= 4 is 17.6 Å². The lowest BCUT2D eigenvalue weighted by Gasteiger charge is -2.34. The molecule has 0 aromatic rings. The summed E-state index contributed by atoms with van der Waals surface area (Å²) in [4.78, 5) is 29.4. The van der Waals surface area contributed by atoms with Gasteiger partial charge >= 0.3 is 0 Å². The van der Waals surface area contributed by atoms with Crippen molar-refractivity contribution < 1.29 is 9.59 Å². The van der Waals surface area contributed by atoms with Crippen LogP contribution in [0, 0.1) is 11.3 Å². The number of piperidine rings is 1. The highest BCUT2D eigenvalue weighted by molar-refractivity contribution is 6.19. The van der Waals surface area contributed by atoms with Crippen molar-refractivity contribution in [2.24, 2.45) is 16.3 Å². The van der Waals surface area contributed by atoms with Gasteiger partial charge in [-0.3, -0.25) is 9.59 Å². The van der Waals surface area contributed by atoms with Gasteiger partial charge in [-0.2, -0.15) is 4.99 Å². The Hall–Kier alpha value is -1.23. The average molecular weight is 277 g/mol. The molecular weight excluding hydrogens is 254 g/mol. The molecule has 2 amide bonds. The molecular formula is C15H23N3O2. The van der Waals surface area contributed by atoms with E-state index in [1.165, 1.54) is 0 Å². The second-order valence-electron chi connectivity index (χ2n) is 6.28. The van der Waals surface area contributed by atoms with Crippen molar-refractivity contribution in [3.63, 3.8) is 0 Å². The van der Waals surface area contributed by atoms with Crippen LogP contribution in [0.15, 0.2) is 4.99 Å². The van der Waals surface area contributed by atoms with Gasteiger partial charge in [0.25, 0.3) is 5.91 Å². The van der Waals surface area contributed by atoms with Crippen molar-refractivity contribution in [1.29, 1.82) is 0 Å². The van der Waals surface area contributed by atoms with Gasteiger partial charge in [0, 0.05) is 5.92 Å². The quantitative estimate of drug-likeness (QED) is 0.711. The van der Waals surface area contributed by atoms with Crippen LogP contribution in [0.1, 0.15) is 51.4 Å². The Morgan fingerprint density at radius 2 is 1.65 bits per heavy atom. The predicted molar refractivity (Wildman–Crippen MR) is 76.3 cm³/mol. The summed E-state index contributed by atoms with van der Waals surface area (Å²) in [5.74, 6) is 0.577. The summed E-state index contributed by atoms with van der Waals surface area (Å²) in [6.45, 7) is 1.86. The Morgan fingerprint density at radius 3 is 2.25 bits per heavy atom. The van der Waals surface area contributed by atoms with Crippen LogP contribution in [-0.2, 0) is 9.59 Å². The fraction of sp³-hybridized carbons (Fsp3) is 0.800. The highest BCUT2D eigenvalue weighted by Crippen LogP contribution is 2.38. The largest absolute Gasteiger partial charge is 0.317 e. The van der Waals surface area contributed by atoms with Crippen LogP contribution in [0.25, 0.3) is 0 Å².